The lowest BCUT2D eigenvalue weighted by atomic mass is 9.77. The van der Waals surface area contributed by atoms with Crippen molar-refractivity contribution in [2.24, 2.45) is 5.92 Å². The van der Waals surface area contributed by atoms with E-state index in [2.05, 4.69) is 17.1 Å². The summed E-state index contributed by atoms with van der Waals surface area (Å²) in [6.07, 6.45) is 2.68. The molecule has 5 rings (SSSR count). The summed E-state index contributed by atoms with van der Waals surface area (Å²) in [5.41, 5.74) is -0.712. The van der Waals surface area contributed by atoms with E-state index in [0.717, 1.165) is 12.8 Å². The molecule has 9 heteroatoms. The number of urea groups is 1. The highest BCUT2D eigenvalue weighted by molar-refractivity contribution is 6.07. The van der Waals surface area contributed by atoms with E-state index in [4.69, 9.17) is 9.47 Å². The van der Waals surface area contributed by atoms with Gasteiger partial charge in [0.15, 0.2) is 11.5 Å². The summed E-state index contributed by atoms with van der Waals surface area (Å²) in [4.78, 5) is 43.7. The van der Waals surface area contributed by atoms with E-state index < -0.39 is 11.6 Å². The highest BCUT2D eigenvalue weighted by Crippen LogP contribution is 2.36. The first-order valence-corrected chi connectivity index (χ1v) is 11.5. The van der Waals surface area contributed by atoms with Gasteiger partial charge < -0.3 is 19.7 Å². The zero-order chi connectivity index (χ0) is 22.3. The lowest BCUT2D eigenvalue weighted by Gasteiger charge is -2.38. The molecule has 0 aromatic heterocycles. The number of fused-ring (bicyclic) bond motifs is 1. The third-order valence-corrected chi connectivity index (χ3v) is 7.18. The number of carbonyl (C=O) groups excluding carboxylic acids is 3. The van der Waals surface area contributed by atoms with Gasteiger partial charge in [0.1, 0.15) is 12.1 Å². The van der Waals surface area contributed by atoms with Gasteiger partial charge in [0.05, 0.1) is 6.67 Å². The Morgan fingerprint density at radius 2 is 1.78 bits per heavy atom. The fourth-order valence-corrected chi connectivity index (χ4v) is 5.05. The van der Waals surface area contributed by atoms with Gasteiger partial charge in [0.25, 0.3) is 11.8 Å². The fraction of sp³-hybridized carbons (Fsp3) is 0.609. The summed E-state index contributed by atoms with van der Waals surface area (Å²) in [5, 5.41) is 2.97. The summed E-state index contributed by atoms with van der Waals surface area (Å²) in [7, 11) is 0. The van der Waals surface area contributed by atoms with Crippen LogP contribution >= 0.6 is 0 Å². The van der Waals surface area contributed by atoms with Crippen molar-refractivity contribution in [3.8, 4) is 11.5 Å². The quantitative estimate of drug-likeness (QED) is 0.712. The number of ether oxygens (including phenoxy) is 2. The van der Waals surface area contributed by atoms with Gasteiger partial charge in [-0.3, -0.25) is 14.5 Å². The molecule has 0 bridgehead atoms. The van der Waals surface area contributed by atoms with E-state index >= 15 is 0 Å². The summed E-state index contributed by atoms with van der Waals surface area (Å²) in [6.45, 7) is 4.88. The lowest BCUT2D eigenvalue weighted by molar-refractivity contribution is -0.144. The van der Waals surface area contributed by atoms with Crippen molar-refractivity contribution in [1.82, 2.24) is 20.0 Å². The second-order valence-corrected chi connectivity index (χ2v) is 9.38. The average Bonchev–Trinajstić information content (AvgIpc) is 3.05. The van der Waals surface area contributed by atoms with Gasteiger partial charge in [-0.05, 0) is 43.7 Å². The first kappa shape index (κ1) is 21.1. The largest absolute Gasteiger partial charge is 0.485 e. The Kier molecular flexibility index (Phi) is 5.44. The molecule has 0 unspecified atom stereocenters. The maximum absolute atomic E-state index is 13.1. The number of amides is 4. The molecule has 2 saturated heterocycles. The van der Waals surface area contributed by atoms with Gasteiger partial charge in [0, 0.05) is 26.2 Å². The van der Waals surface area contributed by atoms with E-state index in [1.807, 2.05) is 18.2 Å². The van der Waals surface area contributed by atoms with Crippen LogP contribution in [0.5, 0.6) is 11.5 Å². The van der Waals surface area contributed by atoms with E-state index in [0.29, 0.717) is 56.4 Å². The molecular formula is C23H30N4O5. The van der Waals surface area contributed by atoms with Gasteiger partial charge in [-0.1, -0.05) is 19.1 Å². The molecular weight excluding hydrogens is 412 g/mol. The first-order chi connectivity index (χ1) is 15.4. The molecule has 1 N–H and O–H groups in total. The average molecular weight is 443 g/mol. The van der Waals surface area contributed by atoms with Crippen LogP contribution in [0.2, 0.25) is 0 Å². The van der Waals surface area contributed by atoms with Crippen LogP contribution in [0.3, 0.4) is 0 Å². The number of nitrogens with zero attached hydrogens (tertiary/aromatic N) is 3. The van der Waals surface area contributed by atoms with Crippen LogP contribution in [-0.4, -0.2) is 83.6 Å². The number of imide groups is 1. The summed E-state index contributed by atoms with van der Waals surface area (Å²) in [5.74, 6) is 1.64. The zero-order valence-electron chi connectivity index (χ0n) is 18.4. The Balaban J connectivity index is 1.14. The van der Waals surface area contributed by atoms with Gasteiger partial charge in [-0.25, -0.2) is 9.69 Å². The van der Waals surface area contributed by atoms with Crippen molar-refractivity contribution in [3.05, 3.63) is 24.3 Å². The predicted octanol–water partition coefficient (Wildman–Crippen LogP) is 1.43. The third kappa shape index (κ3) is 3.79. The van der Waals surface area contributed by atoms with Crippen molar-refractivity contribution in [1.29, 1.82) is 0 Å². The number of benzene rings is 1. The first-order valence-electron chi connectivity index (χ1n) is 11.5. The van der Waals surface area contributed by atoms with Crippen molar-refractivity contribution in [3.63, 3.8) is 0 Å². The van der Waals surface area contributed by atoms with Crippen molar-refractivity contribution >= 4 is 17.8 Å². The molecule has 4 amide bonds. The molecule has 1 spiro atoms. The SMILES string of the molecule is CC1CCC2(CC1)NC(=O)N(CN1CCN(C(=O)[C@@H]3COc4ccccc4O3)CC1)C2=O. The van der Waals surface area contributed by atoms with Crippen LogP contribution in [0.1, 0.15) is 32.6 Å². The Hall–Kier alpha value is -2.81. The number of carbonyl (C=O) groups is 3. The zero-order valence-corrected chi connectivity index (χ0v) is 18.4. The van der Waals surface area contributed by atoms with Crippen molar-refractivity contribution < 1.29 is 23.9 Å². The van der Waals surface area contributed by atoms with E-state index in [1.54, 1.807) is 11.0 Å². The highest BCUT2D eigenvalue weighted by atomic mass is 16.6. The van der Waals surface area contributed by atoms with Gasteiger partial charge in [0.2, 0.25) is 6.10 Å². The van der Waals surface area contributed by atoms with E-state index in [-0.39, 0.29) is 31.1 Å². The number of hydrogen-bond acceptors (Lipinski definition) is 6. The monoisotopic (exact) mass is 442 g/mol. The maximum Gasteiger partial charge on any atom is 0.326 e. The molecule has 1 aromatic rings. The van der Waals surface area contributed by atoms with Crippen LogP contribution in [-0.2, 0) is 9.59 Å². The Morgan fingerprint density at radius 3 is 2.50 bits per heavy atom. The Labute approximate surface area is 187 Å². The normalized spacial score (nSPS) is 30.5. The number of para-hydroxylation sites is 2. The molecule has 172 valence electrons. The second-order valence-electron chi connectivity index (χ2n) is 9.38. The predicted molar refractivity (Wildman–Crippen MR) is 115 cm³/mol. The molecule has 4 aliphatic rings. The van der Waals surface area contributed by atoms with Crippen molar-refractivity contribution in [2.45, 2.75) is 44.2 Å². The molecule has 3 aliphatic heterocycles. The van der Waals surface area contributed by atoms with Crippen molar-refractivity contribution in [2.75, 3.05) is 39.5 Å². The minimum absolute atomic E-state index is 0.0931. The molecule has 1 atom stereocenters. The van der Waals surface area contributed by atoms with Crippen LogP contribution in [0, 0.1) is 5.92 Å². The minimum Gasteiger partial charge on any atom is -0.485 e. The Bertz CT molecular complexity index is 905. The molecule has 3 heterocycles. The summed E-state index contributed by atoms with van der Waals surface area (Å²) < 4.78 is 11.5. The van der Waals surface area contributed by atoms with Gasteiger partial charge in [-0.2, -0.15) is 0 Å². The maximum atomic E-state index is 13.1. The lowest BCUT2D eigenvalue weighted by Crippen LogP contribution is -2.56. The van der Waals surface area contributed by atoms with Crippen LogP contribution in [0.25, 0.3) is 0 Å². The van der Waals surface area contributed by atoms with Crippen LogP contribution < -0.4 is 14.8 Å². The van der Waals surface area contributed by atoms with Gasteiger partial charge in [-0.15, -0.1) is 0 Å². The number of nitrogens with one attached hydrogen (secondary N) is 1. The molecule has 1 saturated carbocycles. The Morgan fingerprint density at radius 1 is 1.09 bits per heavy atom. The van der Waals surface area contributed by atoms with Gasteiger partial charge >= 0.3 is 6.03 Å². The smallest absolute Gasteiger partial charge is 0.326 e. The van der Waals surface area contributed by atoms with Crippen LogP contribution in [0.4, 0.5) is 4.79 Å². The molecule has 1 aliphatic carbocycles. The number of hydrogen-bond donors (Lipinski definition) is 1. The third-order valence-electron chi connectivity index (χ3n) is 7.18. The molecule has 3 fully saturated rings. The van der Waals surface area contributed by atoms with Crippen LogP contribution in [0.15, 0.2) is 24.3 Å². The second kappa shape index (κ2) is 8.27. The molecule has 1 aromatic carbocycles. The fourth-order valence-electron chi connectivity index (χ4n) is 5.05. The number of rotatable bonds is 3. The molecule has 32 heavy (non-hydrogen) atoms. The highest BCUT2D eigenvalue weighted by Gasteiger charge is 2.52. The summed E-state index contributed by atoms with van der Waals surface area (Å²) >= 11 is 0. The number of piperazine rings is 1. The standard InChI is InChI=1S/C23H30N4O5/c1-16-6-8-23(9-7-16)21(29)27(22(30)24-23)15-25-10-12-26(13-11-25)20(28)19-14-31-17-4-2-3-5-18(17)32-19/h2-5,16,19H,6-15H2,1H3,(H,24,30)/t16?,19-,23?/m0/s1. The minimum atomic E-state index is -0.712. The molecule has 0 radical (unpaired) electrons. The van der Waals surface area contributed by atoms with E-state index in [9.17, 15) is 14.4 Å². The van der Waals surface area contributed by atoms with E-state index in [1.165, 1.54) is 4.90 Å². The summed E-state index contributed by atoms with van der Waals surface area (Å²) in [6, 6.07) is 7.04. The topological polar surface area (TPSA) is 91.4 Å². The molecule has 9 nitrogen and oxygen atoms in total.